The topological polar surface area (TPSA) is 141 Å². The number of carbonyl (C=O) groups excluding carboxylic acids is 1. The fourth-order valence-corrected chi connectivity index (χ4v) is 3.05. The van der Waals surface area contributed by atoms with E-state index in [1.54, 1.807) is 24.3 Å². The first-order valence-electron chi connectivity index (χ1n) is 7.30. The van der Waals surface area contributed by atoms with E-state index in [0.29, 0.717) is 5.76 Å². The minimum absolute atomic E-state index is 0.0203. The number of aromatic nitrogens is 2. The first kappa shape index (κ1) is 18.2. The smallest absolute Gasteiger partial charge is 0.284 e. The molecular formula is C15H14N4O5S2. The van der Waals surface area contributed by atoms with Crippen molar-refractivity contribution in [3.05, 3.63) is 48.2 Å². The monoisotopic (exact) mass is 394 g/mol. The van der Waals surface area contributed by atoms with Crippen LogP contribution in [0.4, 0.5) is 0 Å². The van der Waals surface area contributed by atoms with Gasteiger partial charge in [-0.3, -0.25) is 4.79 Å². The van der Waals surface area contributed by atoms with Crippen molar-refractivity contribution in [2.45, 2.75) is 16.7 Å². The summed E-state index contributed by atoms with van der Waals surface area (Å²) in [5, 5.41) is 15.7. The number of nitrogens with one attached hydrogen (secondary N) is 1. The molecule has 0 saturated carbocycles. The van der Waals surface area contributed by atoms with Crippen LogP contribution in [0.5, 0.6) is 0 Å². The average molecular weight is 394 g/mol. The van der Waals surface area contributed by atoms with Gasteiger partial charge in [0, 0.05) is 6.54 Å². The molecule has 0 spiro atoms. The summed E-state index contributed by atoms with van der Waals surface area (Å²) in [5.74, 6) is 0.558. The summed E-state index contributed by atoms with van der Waals surface area (Å²) in [6.45, 7) is 0.256. The SMILES string of the molecule is NS(=O)(=O)c1ccc(CNC(=O)CSc2nnc(-c3ccco3)o2)cc1. The van der Waals surface area contributed by atoms with Crippen LogP contribution >= 0.6 is 11.8 Å². The van der Waals surface area contributed by atoms with Crippen molar-refractivity contribution >= 4 is 27.7 Å². The van der Waals surface area contributed by atoms with E-state index in [4.69, 9.17) is 14.0 Å². The highest BCUT2D eigenvalue weighted by molar-refractivity contribution is 7.99. The summed E-state index contributed by atoms with van der Waals surface area (Å²) < 4.78 is 32.9. The Kier molecular flexibility index (Phi) is 5.40. The number of hydrogen-bond acceptors (Lipinski definition) is 8. The van der Waals surface area contributed by atoms with Crippen LogP contribution in [0.15, 0.2) is 61.6 Å². The fourth-order valence-electron chi connectivity index (χ4n) is 1.94. The maximum Gasteiger partial charge on any atom is 0.284 e. The third-order valence-corrected chi connectivity index (χ3v) is 4.95. The Morgan fingerprint density at radius 3 is 2.62 bits per heavy atom. The van der Waals surface area contributed by atoms with Crippen LogP contribution in [-0.2, 0) is 21.4 Å². The maximum absolute atomic E-state index is 11.9. The second kappa shape index (κ2) is 7.72. The average Bonchev–Trinajstić information content (AvgIpc) is 3.29. The molecule has 0 aliphatic carbocycles. The van der Waals surface area contributed by atoms with Crippen LogP contribution in [0.3, 0.4) is 0 Å². The fraction of sp³-hybridized carbons (Fsp3) is 0.133. The van der Waals surface area contributed by atoms with Gasteiger partial charge in [-0.1, -0.05) is 23.9 Å². The minimum atomic E-state index is -3.73. The minimum Gasteiger partial charge on any atom is -0.459 e. The Labute approximate surface area is 153 Å². The van der Waals surface area contributed by atoms with Crippen molar-refractivity contribution in [3.63, 3.8) is 0 Å². The van der Waals surface area contributed by atoms with Gasteiger partial charge < -0.3 is 14.2 Å². The predicted octanol–water partition coefficient (Wildman–Crippen LogP) is 1.39. The number of nitrogens with zero attached hydrogens (tertiary/aromatic N) is 2. The molecule has 0 radical (unpaired) electrons. The van der Waals surface area contributed by atoms with E-state index in [1.807, 2.05) is 0 Å². The van der Waals surface area contributed by atoms with Gasteiger partial charge >= 0.3 is 0 Å². The molecule has 9 nitrogen and oxygen atoms in total. The van der Waals surface area contributed by atoms with E-state index < -0.39 is 10.0 Å². The quantitative estimate of drug-likeness (QED) is 0.573. The Morgan fingerprint density at radius 1 is 1.19 bits per heavy atom. The van der Waals surface area contributed by atoms with Crippen molar-refractivity contribution in [2.24, 2.45) is 5.14 Å². The zero-order chi connectivity index (χ0) is 18.6. The highest BCUT2D eigenvalue weighted by Crippen LogP contribution is 2.23. The Morgan fingerprint density at radius 2 is 1.96 bits per heavy atom. The first-order valence-corrected chi connectivity index (χ1v) is 9.83. The lowest BCUT2D eigenvalue weighted by molar-refractivity contribution is -0.118. The number of furan rings is 1. The van der Waals surface area contributed by atoms with Gasteiger partial charge in [0.15, 0.2) is 5.76 Å². The summed E-state index contributed by atoms with van der Waals surface area (Å²) in [6, 6.07) is 9.34. The van der Waals surface area contributed by atoms with Crippen LogP contribution in [0.1, 0.15) is 5.56 Å². The third-order valence-electron chi connectivity index (χ3n) is 3.21. The van der Waals surface area contributed by atoms with E-state index in [1.165, 1.54) is 18.4 Å². The second-order valence-electron chi connectivity index (χ2n) is 5.10. The number of rotatable bonds is 7. The van der Waals surface area contributed by atoms with Crippen molar-refractivity contribution in [3.8, 4) is 11.7 Å². The van der Waals surface area contributed by atoms with Crippen molar-refractivity contribution in [2.75, 3.05) is 5.75 Å². The molecule has 3 rings (SSSR count). The van der Waals surface area contributed by atoms with Crippen LogP contribution < -0.4 is 10.5 Å². The largest absolute Gasteiger partial charge is 0.459 e. The third kappa shape index (κ3) is 4.71. The Bertz CT molecular complexity index is 981. The molecule has 136 valence electrons. The second-order valence-corrected chi connectivity index (χ2v) is 7.59. The number of carbonyl (C=O) groups is 1. The lowest BCUT2D eigenvalue weighted by Crippen LogP contribution is -2.24. The van der Waals surface area contributed by atoms with Gasteiger partial charge in [0.2, 0.25) is 15.9 Å². The molecule has 11 heteroatoms. The van der Waals surface area contributed by atoms with Gasteiger partial charge in [0.05, 0.1) is 16.9 Å². The Balaban J connectivity index is 1.47. The lowest BCUT2D eigenvalue weighted by Gasteiger charge is -2.05. The van der Waals surface area contributed by atoms with Gasteiger partial charge in [-0.15, -0.1) is 10.2 Å². The van der Waals surface area contributed by atoms with E-state index in [9.17, 15) is 13.2 Å². The van der Waals surface area contributed by atoms with Gasteiger partial charge in [0.25, 0.3) is 11.1 Å². The van der Waals surface area contributed by atoms with Gasteiger partial charge in [0.1, 0.15) is 0 Å². The number of hydrogen-bond donors (Lipinski definition) is 2. The molecule has 2 aromatic heterocycles. The van der Waals surface area contributed by atoms with Crippen LogP contribution in [0.25, 0.3) is 11.7 Å². The van der Waals surface area contributed by atoms with Crippen molar-refractivity contribution < 1.29 is 22.0 Å². The Hall–Kier alpha value is -2.63. The summed E-state index contributed by atoms with van der Waals surface area (Å²) in [7, 11) is -3.73. The van der Waals surface area contributed by atoms with E-state index in [2.05, 4.69) is 15.5 Å². The first-order chi connectivity index (χ1) is 12.4. The molecule has 0 atom stereocenters. The number of nitrogens with two attached hydrogens (primary N) is 1. The molecule has 0 saturated heterocycles. The van der Waals surface area contributed by atoms with Crippen LogP contribution in [0.2, 0.25) is 0 Å². The van der Waals surface area contributed by atoms with Crippen molar-refractivity contribution in [1.82, 2.24) is 15.5 Å². The standard InChI is InChI=1S/C15H14N4O5S2/c16-26(21,22)11-5-3-10(4-6-11)8-17-13(20)9-25-15-19-18-14(24-15)12-2-1-7-23-12/h1-7H,8-9H2,(H,17,20)(H2,16,21,22). The van der Waals surface area contributed by atoms with Crippen LogP contribution in [0, 0.1) is 0 Å². The zero-order valence-corrected chi connectivity index (χ0v) is 14.9. The predicted molar refractivity (Wildman–Crippen MR) is 92.4 cm³/mol. The van der Waals surface area contributed by atoms with Gasteiger partial charge in [-0.2, -0.15) is 0 Å². The molecule has 1 amide bonds. The molecule has 3 aromatic rings. The normalized spacial score (nSPS) is 11.4. The summed E-state index contributed by atoms with van der Waals surface area (Å²) in [5.41, 5.74) is 0.744. The van der Waals surface area contributed by atoms with E-state index in [-0.39, 0.29) is 34.2 Å². The van der Waals surface area contributed by atoms with E-state index in [0.717, 1.165) is 17.3 Å². The van der Waals surface area contributed by atoms with Gasteiger partial charge in [-0.05, 0) is 29.8 Å². The molecule has 2 heterocycles. The number of amides is 1. The molecule has 0 unspecified atom stereocenters. The summed E-state index contributed by atoms with van der Waals surface area (Å²) >= 11 is 1.10. The summed E-state index contributed by atoms with van der Waals surface area (Å²) in [4.78, 5) is 11.9. The number of benzene rings is 1. The van der Waals surface area contributed by atoms with Crippen molar-refractivity contribution in [1.29, 1.82) is 0 Å². The molecule has 1 aromatic carbocycles. The molecule has 0 aliphatic heterocycles. The lowest BCUT2D eigenvalue weighted by atomic mass is 10.2. The molecular weight excluding hydrogens is 380 g/mol. The van der Waals surface area contributed by atoms with Gasteiger partial charge in [-0.25, -0.2) is 13.6 Å². The molecule has 3 N–H and O–H groups in total. The zero-order valence-electron chi connectivity index (χ0n) is 13.3. The molecule has 0 fully saturated rings. The molecule has 26 heavy (non-hydrogen) atoms. The highest BCUT2D eigenvalue weighted by atomic mass is 32.2. The maximum atomic E-state index is 11.9. The number of primary sulfonamides is 1. The summed E-state index contributed by atoms with van der Waals surface area (Å²) in [6.07, 6.45) is 1.50. The van der Waals surface area contributed by atoms with Crippen LogP contribution in [-0.4, -0.2) is 30.3 Å². The molecule has 0 bridgehead atoms. The van der Waals surface area contributed by atoms with E-state index >= 15 is 0 Å². The highest BCUT2D eigenvalue weighted by Gasteiger charge is 2.13. The molecule has 0 aliphatic rings. The number of sulfonamides is 1. The number of thioether (sulfide) groups is 1.